The molecule has 1 aliphatic heterocycles. The van der Waals surface area contributed by atoms with E-state index in [1.54, 1.807) is 4.68 Å². The zero-order valence-electron chi connectivity index (χ0n) is 13.9. The van der Waals surface area contributed by atoms with Gasteiger partial charge in [0, 0.05) is 6.54 Å². The monoisotopic (exact) mass is 372 g/mol. The van der Waals surface area contributed by atoms with Gasteiger partial charge in [-0.15, -0.1) is 5.10 Å². The molecule has 0 radical (unpaired) electrons. The molecule has 2 heterocycles. The highest BCUT2D eigenvalue weighted by Crippen LogP contribution is 2.38. The van der Waals surface area contributed by atoms with Gasteiger partial charge < -0.3 is 14.8 Å². The number of aromatic nitrogens is 3. The summed E-state index contributed by atoms with van der Waals surface area (Å²) in [4.78, 5) is 12.2. The molecule has 0 atom stereocenters. The maximum Gasteiger partial charge on any atom is 0.241 e. The van der Waals surface area contributed by atoms with Gasteiger partial charge in [-0.1, -0.05) is 28.9 Å². The molecule has 0 bridgehead atoms. The Bertz CT molecular complexity index is 957. The normalized spacial score (nSPS) is 13.0. The smallest absolute Gasteiger partial charge is 0.241 e. The van der Waals surface area contributed by atoms with Crippen LogP contribution < -0.4 is 14.8 Å². The molecular weight excluding hydrogens is 356 g/mol. The summed E-state index contributed by atoms with van der Waals surface area (Å²) in [5.74, 6) is 1.12. The van der Waals surface area contributed by atoms with Crippen molar-refractivity contribution in [2.24, 2.45) is 0 Å². The van der Waals surface area contributed by atoms with Crippen molar-refractivity contribution in [2.75, 3.05) is 19.8 Å². The third kappa shape index (κ3) is 3.43. The zero-order chi connectivity index (χ0) is 17.9. The number of fused-ring (bicyclic) bond motifs is 2. The predicted molar refractivity (Wildman–Crippen MR) is 96.7 cm³/mol. The number of halogens is 1. The average Bonchev–Trinajstić information content (AvgIpc) is 3.05. The number of hydrogen-bond donors (Lipinski definition) is 1. The predicted octanol–water partition coefficient (Wildman–Crippen LogP) is 2.21. The van der Waals surface area contributed by atoms with Gasteiger partial charge in [0.2, 0.25) is 5.91 Å². The quantitative estimate of drug-likeness (QED) is 0.743. The van der Waals surface area contributed by atoms with Gasteiger partial charge in [-0.3, -0.25) is 4.79 Å². The molecule has 1 aromatic heterocycles. The first-order chi connectivity index (χ1) is 12.7. The molecule has 1 aliphatic rings. The second-order valence-corrected chi connectivity index (χ2v) is 6.34. The van der Waals surface area contributed by atoms with Gasteiger partial charge in [-0.25, -0.2) is 4.68 Å². The lowest BCUT2D eigenvalue weighted by molar-refractivity contribution is -0.121. The van der Waals surface area contributed by atoms with E-state index >= 15 is 0 Å². The Morgan fingerprint density at radius 1 is 1.23 bits per heavy atom. The third-order valence-electron chi connectivity index (χ3n) is 4.11. The summed E-state index contributed by atoms with van der Waals surface area (Å²) in [6.07, 6.45) is 0.639. The minimum Gasteiger partial charge on any atom is -0.486 e. The number of ether oxygens (including phenoxy) is 2. The molecule has 0 saturated carbocycles. The topological polar surface area (TPSA) is 78.3 Å². The van der Waals surface area contributed by atoms with Crippen molar-refractivity contribution < 1.29 is 14.3 Å². The van der Waals surface area contributed by atoms with Crippen LogP contribution in [0.2, 0.25) is 5.02 Å². The molecule has 0 unspecified atom stereocenters. The first kappa shape index (κ1) is 16.7. The molecule has 1 amide bonds. The van der Waals surface area contributed by atoms with Gasteiger partial charge in [0.1, 0.15) is 25.3 Å². The van der Waals surface area contributed by atoms with Crippen LogP contribution in [-0.2, 0) is 17.8 Å². The van der Waals surface area contributed by atoms with E-state index in [1.807, 2.05) is 36.4 Å². The van der Waals surface area contributed by atoms with Crippen LogP contribution in [0.5, 0.6) is 11.5 Å². The van der Waals surface area contributed by atoms with Crippen LogP contribution in [0.4, 0.5) is 0 Å². The Balaban J connectivity index is 1.34. The van der Waals surface area contributed by atoms with E-state index in [0.29, 0.717) is 42.7 Å². The van der Waals surface area contributed by atoms with Crippen molar-refractivity contribution in [2.45, 2.75) is 13.0 Å². The van der Waals surface area contributed by atoms with Crippen molar-refractivity contribution in [3.8, 4) is 11.5 Å². The number of para-hydroxylation sites is 1. The summed E-state index contributed by atoms with van der Waals surface area (Å²) in [6, 6.07) is 11.3. The van der Waals surface area contributed by atoms with Crippen LogP contribution in [0, 0.1) is 0 Å². The molecule has 0 aliphatic carbocycles. The van der Waals surface area contributed by atoms with Gasteiger partial charge in [0.05, 0.1) is 10.5 Å². The average molecular weight is 373 g/mol. The SMILES string of the molecule is O=C(Cn1nnc2ccccc21)NCCc1cc(Cl)c2c(c1)OCCO2. The fourth-order valence-electron chi connectivity index (χ4n) is 2.88. The van der Waals surface area contributed by atoms with Crippen LogP contribution in [0.25, 0.3) is 11.0 Å². The molecule has 26 heavy (non-hydrogen) atoms. The molecule has 134 valence electrons. The number of amides is 1. The van der Waals surface area contributed by atoms with Crippen molar-refractivity contribution in [3.05, 3.63) is 47.0 Å². The maximum absolute atomic E-state index is 12.2. The number of nitrogens with one attached hydrogen (secondary N) is 1. The van der Waals surface area contributed by atoms with Crippen molar-refractivity contribution in [1.29, 1.82) is 0 Å². The highest BCUT2D eigenvalue weighted by Gasteiger charge is 2.16. The zero-order valence-corrected chi connectivity index (χ0v) is 14.7. The molecule has 0 saturated heterocycles. The lowest BCUT2D eigenvalue weighted by Gasteiger charge is -2.20. The fourth-order valence-corrected chi connectivity index (χ4v) is 3.17. The standard InChI is InChI=1S/C18H17ClN4O3/c19-13-9-12(10-16-18(13)26-8-7-25-16)5-6-20-17(24)11-23-15-4-2-1-3-14(15)21-22-23/h1-4,9-10H,5-8,11H2,(H,20,24). The number of rotatable bonds is 5. The van der Waals surface area contributed by atoms with E-state index < -0.39 is 0 Å². The van der Waals surface area contributed by atoms with Gasteiger partial charge in [0.15, 0.2) is 11.5 Å². The molecule has 0 fully saturated rings. The largest absolute Gasteiger partial charge is 0.486 e. The lowest BCUT2D eigenvalue weighted by Crippen LogP contribution is -2.29. The van der Waals surface area contributed by atoms with Gasteiger partial charge >= 0.3 is 0 Å². The molecule has 8 heteroatoms. The van der Waals surface area contributed by atoms with E-state index in [4.69, 9.17) is 21.1 Å². The third-order valence-corrected chi connectivity index (χ3v) is 4.39. The van der Waals surface area contributed by atoms with Crippen LogP contribution in [0.3, 0.4) is 0 Å². The van der Waals surface area contributed by atoms with E-state index in [9.17, 15) is 4.79 Å². The molecule has 3 aromatic rings. The van der Waals surface area contributed by atoms with Crippen LogP contribution >= 0.6 is 11.6 Å². The van der Waals surface area contributed by atoms with Crippen LogP contribution in [-0.4, -0.2) is 40.7 Å². The van der Waals surface area contributed by atoms with E-state index in [0.717, 1.165) is 16.6 Å². The minimum absolute atomic E-state index is 0.121. The molecule has 0 spiro atoms. The highest BCUT2D eigenvalue weighted by atomic mass is 35.5. The molecule has 4 rings (SSSR count). The first-order valence-corrected chi connectivity index (χ1v) is 8.71. The van der Waals surface area contributed by atoms with E-state index in [2.05, 4.69) is 15.6 Å². The van der Waals surface area contributed by atoms with Gasteiger partial charge in [-0.05, 0) is 36.2 Å². The molecule has 1 N–H and O–H groups in total. The van der Waals surface area contributed by atoms with E-state index in [1.165, 1.54) is 0 Å². The summed E-state index contributed by atoms with van der Waals surface area (Å²) < 4.78 is 12.7. The Hall–Kier alpha value is -2.80. The van der Waals surface area contributed by atoms with Gasteiger partial charge in [0.25, 0.3) is 0 Å². The lowest BCUT2D eigenvalue weighted by atomic mass is 10.1. The van der Waals surface area contributed by atoms with Gasteiger partial charge in [-0.2, -0.15) is 0 Å². The number of benzene rings is 2. The Kier molecular flexibility index (Phi) is 4.62. The summed E-state index contributed by atoms with van der Waals surface area (Å²) in [5.41, 5.74) is 2.58. The first-order valence-electron chi connectivity index (χ1n) is 8.33. The number of hydrogen-bond acceptors (Lipinski definition) is 5. The minimum atomic E-state index is -0.121. The fraction of sp³-hybridized carbons (Fsp3) is 0.278. The molecule has 7 nitrogen and oxygen atoms in total. The van der Waals surface area contributed by atoms with Crippen molar-refractivity contribution in [3.63, 3.8) is 0 Å². The Labute approximate surface area is 154 Å². The van der Waals surface area contributed by atoms with Crippen molar-refractivity contribution >= 4 is 28.5 Å². The Morgan fingerprint density at radius 3 is 3.00 bits per heavy atom. The van der Waals surface area contributed by atoms with E-state index in [-0.39, 0.29) is 12.5 Å². The van der Waals surface area contributed by atoms with Crippen LogP contribution in [0.15, 0.2) is 36.4 Å². The second kappa shape index (κ2) is 7.21. The Morgan fingerprint density at radius 2 is 2.08 bits per heavy atom. The molecular formula is C18H17ClN4O3. The van der Waals surface area contributed by atoms with Crippen molar-refractivity contribution in [1.82, 2.24) is 20.3 Å². The number of nitrogens with zero attached hydrogens (tertiary/aromatic N) is 3. The number of carbonyl (C=O) groups is 1. The summed E-state index contributed by atoms with van der Waals surface area (Å²) in [5, 5.41) is 11.5. The summed E-state index contributed by atoms with van der Waals surface area (Å²) in [7, 11) is 0. The van der Waals surface area contributed by atoms with Crippen LogP contribution in [0.1, 0.15) is 5.56 Å². The second-order valence-electron chi connectivity index (χ2n) is 5.94. The maximum atomic E-state index is 12.2. The highest BCUT2D eigenvalue weighted by molar-refractivity contribution is 6.32. The number of carbonyl (C=O) groups excluding carboxylic acids is 1. The summed E-state index contributed by atoms with van der Waals surface area (Å²) in [6.45, 7) is 1.62. The molecule has 2 aromatic carbocycles. The summed E-state index contributed by atoms with van der Waals surface area (Å²) >= 11 is 6.23.